The van der Waals surface area contributed by atoms with Crippen LogP contribution in [-0.4, -0.2) is 27.7 Å². The number of aromatic nitrogens is 3. The third kappa shape index (κ3) is 2.98. The van der Waals surface area contributed by atoms with Gasteiger partial charge in [0.15, 0.2) is 0 Å². The summed E-state index contributed by atoms with van der Waals surface area (Å²) in [4.78, 5) is 20.2. The van der Waals surface area contributed by atoms with E-state index in [0.717, 1.165) is 16.8 Å². The minimum absolute atomic E-state index is 0.0642. The molecule has 0 bridgehead atoms. The summed E-state index contributed by atoms with van der Waals surface area (Å²) in [6, 6.07) is 6.04. The molecule has 0 aliphatic carbocycles. The van der Waals surface area contributed by atoms with Crippen LogP contribution in [0.4, 0.5) is 11.5 Å². The molecule has 2 aromatic heterocycles. The van der Waals surface area contributed by atoms with Crippen molar-refractivity contribution in [1.82, 2.24) is 15.1 Å². The fourth-order valence-electron chi connectivity index (χ4n) is 2.40. The molecular formula is C16H16N4O3. The van der Waals surface area contributed by atoms with Crippen molar-refractivity contribution in [3.05, 3.63) is 41.3 Å². The molecule has 1 aromatic carbocycles. The largest absolute Gasteiger partial charge is 0.461 e. The van der Waals surface area contributed by atoms with Crippen LogP contribution in [0.2, 0.25) is 0 Å². The second kappa shape index (κ2) is 6.04. The highest BCUT2D eigenvalue weighted by atomic mass is 16.5. The van der Waals surface area contributed by atoms with Gasteiger partial charge < -0.3 is 14.6 Å². The number of anilines is 2. The standard InChI is InChI=1S/C16H16N4O3/c1-4-22-16(21)13-12-14(17-8-18-15(12)23-20-13)19-11-6-9(2)5-10(3)7-11/h5-8H,4H2,1-3H3,(H,17,18,19). The topological polar surface area (TPSA) is 90.1 Å². The first-order valence-corrected chi connectivity index (χ1v) is 7.21. The maximum absolute atomic E-state index is 12.0. The third-order valence-electron chi connectivity index (χ3n) is 3.23. The van der Waals surface area contributed by atoms with E-state index < -0.39 is 5.97 Å². The van der Waals surface area contributed by atoms with Crippen molar-refractivity contribution in [3.63, 3.8) is 0 Å². The van der Waals surface area contributed by atoms with E-state index in [1.165, 1.54) is 6.33 Å². The first-order valence-electron chi connectivity index (χ1n) is 7.21. The molecule has 0 amide bonds. The van der Waals surface area contributed by atoms with Crippen molar-refractivity contribution in [3.8, 4) is 0 Å². The van der Waals surface area contributed by atoms with E-state index in [1.54, 1.807) is 6.92 Å². The van der Waals surface area contributed by atoms with E-state index in [-0.39, 0.29) is 18.0 Å². The highest BCUT2D eigenvalue weighted by molar-refractivity contribution is 6.05. The molecular weight excluding hydrogens is 296 g/mol. The Morgan fingerprint density at radius 1 is 1.22 bits per heavy atom. The maximum Gasteiger partial charge on any atom is 0.361 e. The Morgan fingerprint density at radius 2 is 1.96 bits per heavy atom. The van der Waals surface area contributed by atoms with E-state index in [9.17, 15) is 4.79 Å². The normalized spacial score (nSPS) is 10.7. The van der Waals surface area contributed by atoms with Gasteiger partial charge in [0.05, 0.1) is 6.61 Å². The molecule has 118 valence electrons. The number of carbonyl (C=O) groups is 1. The molecule has 0 fully saturated rings. The second-order valence-corrected chi connectivity index (χ2v) is 5.16. The van der Waals surface area contributed by atoms with Gasteiger partial charge in [-0.1, -0.05) is 11.2 Å². The van der Waals surface area contributed by atoms with Gasteiger partial charge in [-0.2, -0.15) is 4.98 Å². The Labute approximate surface area is 132 Å². The zero-order valence-corrected chi connectivity index (χ0v) is 13.1. The van der Waals surface area contributed by atoms with E-state index in [2.05, 4.69) is 26.5 Å². The molecule has 0 aliphatic rings. The monoisotopic (exact) mass is 312 g/mol. The molecule has 3 rings (SSSR count). The van der Waals surface area contributed by atoms with E-state index in [0.29, 0.717) is 11.2 Å². The van der Waals surface area contributed by atoms with E-state index in [1.807, 2.05) is 26.0 Å². The van der Waals surface area contributed by atoms with Gasteiger partial charge in [0.25, 0.3) is 5.71 Å². The fourth-order valence-corrected chi connectivity index (χ4v) is 2.40. The minimum atomic E-state index is -0.565. The number of benzene rings is 1. The molecule has 0 spiro atoms. The Bertz CT molecular complexity index is 853. The van der Waals surface area contributed by atoms with Crippen molar-refractivity contribution in [2.45, 2.75) is 20.8 Å². The summed E-state index contributed by atoms with van der Waals surface area (Å²) in [6.45, 7) is 6.00. The predicted molar refractivity (Wildman–Crippen MR) is 84.8 cm³/mol. The predicted octanol–water partition coefficient (Wildman–Crippen LogP) is 3.15. The number of nitrogens with one attached hydrogen (secondary N) is 1. The summed E-state index contributed by atoms with van der Waals surface area (Å²) >= 11 is 0. The summed E-state index contributed by atoms with van der Waals surface area (Å²) in [6.07, 6.45) is 1.35. The van der Waals surface area contributed by atoms with Gasteiger partial charge in [0.1, 0.15) is 17.5 Å². The zero-order chi connectivity index (χ0) is 16.4. The van der Waals surface area contributed by atoms with Gasteiger partial charge in [0.2, 0.25) is 5.69 Å². The third-order valence-corrected chi connectivity index (χ3v) is 3.23. The van der Waals surface area contributed by atoms with Gasteiger partial charge >= 0.3 is 5.97 Å². The second-order valence-electron chi connectivity index (χ2n) is 5.16. The van der Waals surface area contributed by atoms with Crippen molar-refractivity contribution in [2.75, 3.05) is 11.9 Å². The number of carbonyl (C=O) groups excluding carboxylic acids is 1. The van der Waals surface area contributed by atoms with Crippen molar-refractivity contribution >= 4 is 28.6 Å². The van der Waals surface area contributed by atoms with Crippen molar-refractivity contribution < 1.29 is 14.1 Å². The van der Waals surface area contributed by atoms with E-state index >= 15 is 0 Å². The van der Waals surface area contributed by atoms with Gasteiger partial charge in [-0.05, 0) is 44.0 Å². The molecule has 0 aliphatic heterocycles. The highest BCUT2D eigenvalue weighted by Crippen LogP contribution is 2.27. The number of hydrogen-bond acceptors (Lipinski definition) is 7. The van der Waals surface area contributed by atoms with Gasteiger partial charge in [0, 0.05) is 5.69 Å². The SMILES string of the molecule is CCOC(=O)c1noc2ncnc(Nc3cc(C)cc(C)c3)c12. The van der Waals surface area contributed by atoms with Crippen LogP contribution in [0.25, 0.3) is 11.1 Å². The molecule has 0 saturated carbocycles. The van der Waals surface area contributed by atoms with Crippen LogP contribution in [0.1, 0.15) is 28.5 Å². The number of ether oxygens (including phenoxy) is 1. The summed E-state index contributed by atoms with van der Waals surface area (Å²) in [5, 5.41) is 7.36. The van der Waals surface area contributed by atoms with Crippen LogP contribution < -0.4 is 5.32 Å². The molecule has 7 nitrogen and oxygen atoms in total. The molecule has 0 saturated heterocycles. The average Bonchev–Trinajstić information content (AvgIpc) is 2.91. The molecule has 1 N–H and O–H groups in total. The number of fused-ring (bicyclic) bond motifs is 1. The lowest BCUT2D eigenvalue weighted by Crippen LogP contribution is -2.06. The number of esters is 1. The highest BCUT2D eigenvalue weighted by Gasteiger charge is 2.22. The van der Waals surface area contributed by atoms with Gasteiger partial charge in [-0.3, -0.25) is 0 Å². The van der Waals surface area contributed by atoms with Crippen molar-refractivity contribution in [1.29, 1.82) is 0 Å². The molecule has 0 atom stereocenters. The number of rotatable bonds is 4. The Morgan fingerprint density at radius 3 is 2.65 bits per heavy atom. The Kier molecular flexibility index (Phi) is 3.92. The van der Waals surface area contributed by atoms with Crippen molar-refractivity contribution in [2.24, 2.45) is 0 Å². The number of nitrogens with zero attached hydrogens (tertiary/aromatic N) is 3. The number of hydrogen-bond donors (Lipinski definition) is 1. The van der Waals surface area contributed by atoms with Crippen LogP contribution in [0, 0.1) is 13.8 Å². The molecule has 0 unspecified atom stereocenters. The lowest BCUT2D eigenvalue weighted by molar-refractivity contribution is 0.0517. The van der Waals surface area contributed by atoms with Gasteiger partial charge in [-0.25, -0.2) is 9.78 Å². The summed E-state index contributed by atoms with van der Waals surface area (Å²) < 4.78 is 10.1. The molecule has 0 radical (unpaired) electrons. The van der Waals surface area contributed by atoms with Crippen LogP contribution in [-0.2, 0) is 4.74 Å². The lowest BCUT2D eigenvalue weighted by Gasteiger charge is -2.08. The van der Waals surface area contributed by atoms with Crippen LogP contribution in [0.3, 0.4) is 0 Å². The zero-order valence-electron chi connectivity index (χ0n) is 13.1. The number of aryl methyl sites for hydroxylation is 2. The molecule has 7 heteroatoms. The Balaban J connectivity index is 2.06. The first-order chi connectivity index (χ1) is 11.1. The van der Waals surface area contributed by atoms with Gasteiger partial charge in [-0.15, -0.1) is 0 Å². The quantitative estimate of drug-likeness (QED) is 0.740. The fraction of sp³-hybridized carbons (Fsp3) is 0.250. The van der Waals surface area contributed by atoms with Crippen LogP contribution in [0.15, 0.2) is 29.0 Å². The summed E-state index contributed by atoms with van der Waals surface area (Å²) in [5.74, 6) is -0.117. The Hall–Kier alpha value is -2.96. The molecule has 2 heterocycles. The molecule has 23 heavy (non-hydrogen) atoms. The maximum atomic E-state index is 12.0. The first kappa shape index (κ1) is 15.0. The van der Waals surface area contributed by atoms with Crippen LogP contribution in [0.5, 0.6) is 0 Å². The van der Waals surface area contributed by atoms with E-state index in [4.69, 9.17) is 9.26 Å². The average molecular weight is 312 g/mol. The minimum Gasteiger partial charge on any atom is -0.461 e. The smallest absolute Gasteiger partial charge is 0.361 e. The summed E-state index contributed by atoms with van der Waals surface area (Å²) in [5.41, 5.74) is 3.39. The van der Waals surface area contributed by atoms with Crippen LogP contribution >= 0.6 is 0 Å². The summed E-state index contributed by atoms with van der Waals surface area (Å²) in [7, 11) is 0. The molecule has 3 aromatic rings. The lowest BCUT2D eigenvalue weighted by atomic mass is 10.1.